The second-order valence-electron chi connectivity index (χ2n) is 12.8. The number of hydrogen-bond donors (Lipinski definition) is 1. The van der Waals surface area contributed by atoms with Gasteiger partial charge in [0.2, 0.25) is 0 Å². The number of thioether (sulfide) groups is 1. The van der Waals surface area contributed by atoms with Crippen LogP contribution in [0.5, 0.6) is 0 Å². The summed E-state index contributed by atoms with van der Waals surface area (Å²) >= 11 is 4.13. The normalized spacial score (nSPS) is 44.0. The molecular weight excluding hydrogens is 581 g/mol. The smallest absolute Gasteiger partial charge is 0.146 e. The Bertz CT molecular complexity index is 878. The quantitative estimate of drug-likeness (QED) is 0.182. The van der Waals surface area contributed by atoms with Gasteiger partial charge in [-0.3, -0.25) is 4.79 Å². The zero-order chi connectivity index (χ0) is 25.5. The number of aliphatic hydroxyl groups excluding tert-OH is 1. The third-order valence-corrected chi connectivity index (χ3v) is 13.0. The number of rotatable bonds is 8. The first-order chi connectivity index (χ1) is 17.3. The summed E-state index contributed by atoms with van der Waals surface area (Å²) in [5, 5.41) is 10.8. The van der Waals surface area contributed by atoms with Crippen LogP contribution in [0.3, 0.4) is 0 Å². The van der Waals surface area contributed by atoms with E-state index >= 15 is 0 Å². The molecule has 0 amide bonds. The average molecular weight is 628 g/mol. The van der Waals surface area contributed by atoms with Crippen LogP contribution in [0.4, 0.5) is 0 Å². The number of fused-ring (bicyclic) bond motifs is 5. The Kier molecular flexibility index (Phi) is 8.57. The summed E-state index contributed by atoms with van der Waals surface area (Å²) in [5.74, 6) is 4.10. The number of nitrogens with zero attached hydrogens (tertiary/aromatic N) is 1. The number of carbonyl (C=O) groups is 1. The maximum atomic E-state index is 13.6. The molecule has 0 aromatic heterocycles. The molecule has 4 saturated carbocycles. The van der Waals surface area contributed by atoms with Gasteiger partial charge in [-0.25, -0.2) is 0 Å². The van der Waals surface area contributed by atoms with Crippen LogP contribution in [0, 0.1) is 40.4 Å². The topological polar surface area (TPSA) is 49.8 Å². The molecule has 1 unspecified atom stereocenters. The molecule has 0 saturated heterocycles. The molecule has 4 fully saturated rings. The Balaban J connectivity index is 1.25. The first-order valence-electron chi connectivity index (χ1n) is 14.4. The Morgan fingerprint density at radius 2 is 2.00 bits per heavy atom. The first-order valence-corrected chi connectivity index (χ1v) is 16.9. The van der Waals surface area contributed by atoms with Gasteiger partial charge in [-0.15, -0.1) is 11.8 Å². The molecule has 5 rings (SSSR count). The summed E-state index contributed by atoms with van der Waals surface area (Å²) in [7, 11) is 0. The van der Waals surface area contributed by atoms with E-state index in [0.29, 0.717) is 23.4 Å². The fourth-order valence-corrected chi connectivity index (χ4v) is 10.6. The van der Waals surface area contributed by atoms with E-state index in [-0.39, 0.29) is 29.0 Å². The summed E-state index contributed by atoms with van der Waals surface area (Å²) in [5.41, 5.74) is 0.439. The molecule has 202 valence electrons. The molecule has 0 bridgehead atoms. The van der Waals surface area contributed by atoms with Crippen LogP contribution >= 0.6 is 34.4 Å². The van der Waals surface area contributed by atoms with Crippen molar-refractivity contribution in [2.24, 2.45) is 40.4 Å². The maximum absolute atomic E-state index is 13.6. The van der Waals surface area contributed by atoms with Crippen LogP contribution in [0.1, 0.15) is 78.6 Å². The number of allylic oxidation sites excluding steroid dienone is 1. The van der Waals surface area contributed by atoms with Crippen molar-refractivity contribution in [2.45, 2.75) is 90.8 Å². The average Bonchev–Trinajstić information content (AvgIpc) is 3.24. The van der Waals surface area contributed by atoms with Gasteiger partial charge in [-0.2, -0.15) is 0 Å². The minimum atomic E-state index is -0.301. The molecule has 36 heavy (non-hydrogen) atoms. The molecule has 9 atom stereocenters. The third-order valence-electron chi connectivity index (χ3n) is 11.1. The molecule has 4 nitrogen and oxygen atoms in total. The SMILES string of the molecule is CCCO[C@H]1C[C@@]2(C)[C@@H](CC[C@@H]3[C@@H]2CC[C@]2(C)[C@@H](C(=O)CSC4=CCN(CI)C=C4)CC[C@@H]32)CC1O. The molecule has 4 aliphatic carbocycles. The second-order valence-corrected chi connectivity index (χ2v) is 14.5. The van der Waals surface area contributed by atoms with E-state index in [1.807, 2.05) is 0 Å². The molecule has 1 heterocycles. The molecule has 0 aromatic carbocycles. The van der Waals surface area contributed by atoms with Crippen molar-refractivity contribution in [3.63, 3.8) is 0 Å². The first kappa shape index (κ1) is 27.5. The van der Waals surface area contributed by atoms with Gasteiger partial charge in [-0.1, -0.05) is 49.4 Å². The number of carbonyl (C=O) groups excluding carboxylic acids is 1. The fraction of sp³-hybridized carbons (Fsp3) is 0.833. The van der Waals surface area contributed by atoms with Gasteiger partial charge < -0.3 is 14.7 Å². The number of Topliss-reactive ketones (excluding diaryl/α,β-unsaturated/α-hetero) is 1. The summed E-state index contributed by atoms with van der Waals surface area (Å²) in [6.07, 6.45) is 16.5. The van der Waals surface area contributed by atoms with E-state index in [4.69, 9.17) is 4.74 Å². The predicted molar refractivity (Wildman–Crippen MR) is 157 cm³/mol. The van der Waals surface area contributed by atoms with E-state index < -0.39 is 0 Å². The molecule has 1 aliphatic heterocycles. The van der Waals surface area contributed by atoms with Gasteiger partial charge in [0, 0.05) is 30.2 Å². The van der Waals surface area contributed by atoms with E-state index in [0.717, 1.165) is 55.2 Å². The van der Waals surface area contributed by atoms with Crippen LogP contribution in [0.25, 0.3) is 0 Å². The highest BCUT2D eigenvalue weighted by Gasteiger charge is 2.62. The van der Waals surface area contributed by atoms with Crippen molar-refractivity contribution in [1.29, 1.82) is 0 Å². The lowest BCUT2D eigenvalue weighted by molar-refractivity contribution is -0.172. The highest BCUT2D eigenvalue weighted by atomic mass is 127. The van der Waals surface area contributed by atoms with Crippen molar-refractivity contribution < 1.29 is 14.6 Å². The van der Waals surface area contributed by atoms with E-state index in [1.165, 1.54) is 37.0 Å². The van der Waals surface area contributed by atoms with Gasteiger partial charge in [-0.05, 0) is 98.4 Å². The third kappa shape index (κ3) is 4.99. The van der Waals surface area contributed by atoms with Crippen molar-refractivity contribution in [1.82, 2.24) is 4.90 Å². The van der Waals surface area contributed by atoms with Crippen LogP contribution in [-0.4, -0.2) is 51.5 Å². The van der Waals surface area contributed by atoms with E-state index in [1.54, 1.807) is 11.8 Å². The number of ether oxygens (including phenoxy) is 1. The molecule has 6 heteroatoms. The van der Waals surface area contributed by atoms with Gasteiger partial charge >= 0.3 is 0 Å². The zero-order valence-electron chi connectivity index (χ0n) is 22.5. The summed E-state index contributed by atoms with van der Waals surface area (Å²) < 4.78 is 7.17. The minimum absolute atomic E-state index is 0.000267. The number of alkyl halides is 1. The number of aliphatic hydroxyl groups is 1. The van der Waals surface area contributed by atoms with Gasteiger partial charge in [0.05, 0.1) is 22.5 Å². The maximum Gasteiger partial charge on any atom is 0.146 e. The van der Waals surface area contributed by atoms with Gasteiger partial charge in [0.1, 0.15) is 5.78 Å². The lowest BCUT2D eigenvalue weighted by Crippen LogP contribution is -2.57. The highest BCUT2D eigenvalue weighted by molar-refractivity contribution is 14.1. The number of ketones is 1. The molecule has 0 spiro atoms. The molecule has 0 aromatic rings. The van der Waals surface area contributed by atoms with Crippen molar-refractivity contribution in [2.75, 3.05) is 23.5 Å². The molecule has 1 N–H and O–H groups in total. The minimum Gasteiger partial charge on any atom is -0.390 e. The number of hydrogen-bond acceptors (Lipinski definition) is 5. The lowest BCUT2D eigenvalue weighted by atomic mass is 9.44. The van der Waals surface area contributed by atoms with Crippen LogP contribution in [-0.2, 0) is 9.53 Å². The van der Waals surface area contributed by atoms with Crippen molar-refractivity contribution in [3.8, 4) is 0 Å². The Hall–Kier alpha value is -0.0500. The highest BCUT2D eigenvalue weighted by Crippen LogP contribution is 2.67. The number of halogens is 1. The van der Waals surface area contributed by atoms with Gasteiger partial charge in [0.15, 0.2) is 0 Å². The van der Waals surface area contributed by atoms with Crippen LogP contribution < -0.4 is 0 Å². The standard InChI is InChI=1S/C30H46INO3S/c1-4-15-35-28-17-30(3)20(16-26(28)33)5-6-22-23-7-8-25(29(23,2)12-9-24(22)30)27(34)18-36-21-10-13-32(19-31)14-11-21/h10-11,13,20,22-26,28,33H,4-9,12,14-19H2,1-3H3/t20-,22-,23-,24-,25+,26?,28-,29-,30-/m0/s1. The summed E-state index contributed by atoms with van der Waals surface area (Å²) in [6.45, 7) is 8.85. The monoisotopic (exact) mass is 627 g/mol. The van der Waals surface area contributed by atoms with Crippen LogP contribution in [0.2, 0.25) is 0 Å². The Labute approximate surface area is 236 Å². The van der Waals surface area contributed by atoms with E-state index in [9.17, 15) is 9.90 Å². The molecular formula is C30H46INO3S. The van der Waals surface area contributed by atoms with E-state index in [2.05, 4.69) is 66.6 Å². The largest absolute Gasteiger partial charge is 0.390 e. The van der Waals surface area contributed by atoms with Crippen molar-refractivity contribution in [3.05, 3.63) is 23.3 Å². The zero-order valence-corrected chi connectivity index (χ0v) is 25.4. The summed E-state index contributed by atoms with van der Waals surface area (Å²) in [6, 6.07) is 0. The van der Waals surface area contributed by atoms with Gasteiger partial charge in [0.25, 0.3) is 0 Å². The lowest BCUT2D eigenvalue weighted by Gasteiger charge is -2.61. The fourth-order valence-electron chi connectivity index (χ4n) is 9.19. The Morgan fingerprint density at radius 3 is 2.72 bits per heavy atom. The Morgan fingerprint density at radius 1 is 1.19 bits per heavy atom. The van der Waals surface area contributed by atoms with Crippen LogP contribution in [0.15, 0.2) is 23.3 Å². The summed E-state index contributed by atoms with van der Waals surface area (Å²) in [4.78, 5) is 17.1. The predicted octanol–water partition coefficient (Wildman–Crippen LogP) is 6.82. The second kappa shape index (κ2) is 11.2. The van der Waals surface area contributed by atoms with Crippen molar-refractivity contribution >= 4 is 40.1 Å². The molecule has 5 aliphatic rings. The molecule has 0 radical (unpaired) electrons.